The lowest BCUT2D eigenvalue weighted by Crippen LogP contribution is -2.53. The lowest BCUT2D eigenvalue weighted by molar-refractivity contribution is -0.139. The number of benzene rings is 1. The first-order valence-electron chi connectivity index (χ1n) is 6.33. The summed E-state index contributed by atoms with van der Waals surface area (Å²) in [4.78, 5) is 35.9. The molecular weight excluding hydrogens is 298 g/mol. The standard InChI is InChI=1S/C13H14ClN3O4/c14-9-4-2-8(3-5-9)10(11(18)19)16-13(21)17-7-1-6-15-12(17)20/h2-5,10H,1,6-7H2,(H,15,20)(H,16,21)(H,18,19). The van der Waals surface area contributed by atoms with Gasteiger partial charge in [0, 0.05) is 18.1 Å². The van der Waals surface area contributed by atoms with Gasteiger partial charge in [-0.25, -0.2) is 19.3 Å². The molecule has 1 aliphatic heterocycles. The Morgan fingerprint density at radius 1 is 1.33 bits per heavy atom. The molecule has 8 heteroatoms. The van der Waals surface area contributed by atoms with Crippen molar-refractivity contribution in [1.29, 1.82) is 0 Å². The SMILES string of the molecule is O=C(O)C(NC(=O)N1CCCNC1=O)c1ccc(Cl)cc1. The average molecular weight is 312 g/mol. The van der Waals surface area contributed by atoms with E-state index in [1.54, 1.807) is 0 Å². The molecule has 1 heterocycles. The quantitative estimate of drug-likeness (QED) is 0.789. The number of carbonyl (C=O) groups is 3. The van der Waals surface area contributed by atoms with Gasteiger partial charge in [0.05, 0.1) is 0 Å². The zero-order chi connectivity index (χ0) is 15.4. The van der Waals surface area contributed by atoms with Gasteiger partial charge in [0.2, 0.25) is 0 Å². The first kappa shape index (κ1) is 15.1. The van der Waals surface area contributed by atoms with E-state index < -0.39 is 24.1 Å². The van der Waals surface area contributed by atoms with Gasteiger partial charge in [-0.05, 0) is 24.1 Å². The first-order chi connectivity index (χ1) is 9.99. The van der Waals surface area contributed by atoms with Crippen LogP contribution < -0.4 is 10.6 Å². The molecule has 1 atom stereocenters. The zero-order valence-electron chi connectivity index (χ0n) is 11.0. The van der Waals surface area contributed by atoms with Crippen LogP contribution in [-0.2, 0) is 4.79 Å². The number of nitrogens with zero attached hydrogens (tertiary/aromatic N) is 1. The lowest BCUT2D eigenvalue weighted by atomic mass is 10.1. The highest BCUT2D eigenvalue weighted by Gasteiger charge is 2.29. The number of aliphatic carboxylic acids is 1. The molecule has 1 aromatic rings. The summed E-state index contributed by atoms with van der Waals surface area (Å²) in [5.41, 5.74) is 0.373. The zero-order valence-corrected chi connectivity index (χ0v) is 11.8. The van der Waals surface area contributed by atoms with E-state index in [1.807, 2.05) is 0 Å². The molecule has 1 saturated heterocycles. The molecule has 2 rings (SSSR count). The number of carbonyl (C=O) groups excluding carboxylic acids is 2. The van der Waals surface area contributed by atoms with Gasteiger partial charge in [0.25, 0.3) is 0 Å². The number of carboxylic acid groups (broad SMARTS) is 1. The van der Waals surface area contributed by atoms with Gasteiger partial charge in [0.15, 0.2) is 6.04 Å². The Morgan fingerprint density at radius 3 is 2.57 bits per heavy atom. The molecule has 1 fully saturated rings. The van der Waals surface area contributed by atoms with Crippen LogP contribution >= 0.6 is 11.6 Å². The van der Waals surface area contributed by atoms with Crippen molar-refractivity contribution in [2.45, 2.75) is 12.5 Å². The second-order valence-corrected chi connectivity index (χ2v) is 4.95. The summed E-state index contributed by atoms with van der Waals surface area (Å²) in [5, 5.41) is 14.6. The van der Waals surface area contributed by atoms with Gasteiger partial charge < -0.3 is 15.7 Å². The van der Waals surface area contributed by atoms with Crippen molar-refractivity contribution in [2.75, 3.05) is 13.1 Å². The number of rotatable bonds is 3. The van der Waals surface area contributed by atoms with Crippen LogP contribution in [0, 0.1) is 0 Å². The number of hydrogen-bond acceptors (Lipinski definition) is 3. The Morgan fingerprint density at radius 2 is 2.00 bits per heavy atom. The minimum absolute atomic E-state index is 0.255. The molecule has 21 heavy (non-hydrogen) atoms. The van der Waals surface area contributed by atoms with Crippen molar-refractivity contribution in [3.8, 4) is 0 Å². The predicted molar refractivity (Wildman–Crippen MR) is 75.1 cm³/mol. The normalized spacial score (nSPS) is 16.0. The molecule has 3 N–H and O–H groups in total. The Bertz CT molecular complexity index is 561. The van der Waals surface area contributed by atoms with Crippen molar-refractivity contribution in [2.24, 2.45) is 0 Å². The maximum Gasteiger partial charge on any atom is 0.330 e. The minimum Gasteiger partial charge on any atom is -0.479 e. The van der Waals surface area contributed by atoms with Crippen molar-refractivity contribution in [3.63, 3.8) is 0 Å². The van der Waals surface area contributed by atoms with Crippen LogP contribution in [0.25, 0.3) is 0 Å². The summed E-state index contributed by atoms with van der Waals surface area (Å²) in [6.45, 7) is 0.757. The van der Waals surface area contributed by atoms with Crippen LogP contribution in [0.15, 0.2) is 24.3 Å². The molecule has 1 aliphatic rings. The van der Waals surface area contributed by atoms with E-state index in [-0.39, 0.29) is 6.54 Å². The fraction of sp³-hybridized carbons (Fsp3) is 0.308. The van der Waals surface area contributed by atoms with Gasteiger partial charge in [-0.1, -0.05) is 23.7 Å². The van der Waals surface area contributed by atoms with Crippen LogP contribution in [-0.4, -0.2) is 41.1 Å². The largest absolute Gasteiger partial charge is 0.479 e. The fourth-order valence-corrected chi connectivity index (χ4v) is 2.09. The van der Waals surface area contributed by atoms with Crippen molar-refractivity contribution < 1.29 is 19.5 Å². The number of carboxylic acids is 1. The van der Waals surface area contributed by atoms with Crippen LogP contribution in [0.3, 0.4) is 0 Å². The number of halogens is 1. The molecule has 4 amide bonds. The van der Waals surface area contributed by atoms with Gasteiger partial charge in [0.1, 0.15) is 0 Å². The summed E-state index contributed by atoms with van der Waals surface area (Å²) in [5.74, 6) is -1.22. The van der Waals surface area contributed by atoms with E-state index in [1.165, 1.54) is 24.3 Å². The van der Waals surface area contributed by atoms with Crippen LogP contribution in [0.2, 0.25) is 5.02 Å². The molecule has 0 aromatic heterocycles. The molecule has 7 nitrogen and oxygen atoms in total. The molecule has 0 bridgehead atoms. The second-order valence-electron chi connectivity index (χ2n) is 4.51. The van der Waals surface area contributed by atoms with Gasteiger partial charge >= 0.3 is 18.0 Å². The van der Waals surface area contributed by atoms with E-state index in [0.717, 1.165) is 4.90 Å². The van der Waals surface area contributed by atoms with Gasteiger partial charge in [-0.3, -0.25) is 0 Å². The van der Waals surface area contributed by atoms with E-state index in [0.29, 0.717) is 23.6 Å². The topological polar surface area (TPSA) is 98.7 Å². The van der Waals surface area contributed by atoms with Crippen LogP contribution in [0.4, 0.5) is 9.59 Å². The Balaban J connectivity index is 2.12. The molecule has 112 valence electrons. The highest BCUT2D eigenvalue weighted by Crippen LogP contribution is 2.17. The van der Waals surface area contributed by atoms with Gasteiger partial charge in [-0.15, -0.1) is 0 Å². The molecule has 0 aliphatic carbocycles. The smallest absolute Gasteiger partial charge is 0.330 e. The second kappa shape index (κ2) is 6.45. The minimum atomic E-state index is -1.25. The third-order valence-electron chi connectivity index (χ3n) is 3.04. The summed E-state index contributed by atoms with van der Waals surface area (Å²) < 4.78 is 0. The van der Waals surface area contributed by atoms with Crippen LogP contribution in [0.5, 0.6) is 0 Å². The monoisotopic (exact) mass is 311 g/mol. The average Bonchev–Trinajstić information content (AvgIpc) is 2.46. The van der Waals surface area contributed by atoms with Crippen molar-refractivity contribution in [3.05, 3.63) is 34.9 Å². The van der Waals surface area contributed by atoms with Crippen LogP contribution in [0.1, 0.15) is 18.0 Å². The number of nitrogens with one attached hydrogen (secondary N) is 2. The first-order valence-corrected chi connectivity index (χ1v) is 6.71. The summed E-state index contributed by atoms with van der Waals surface area (Å²) >= 11 is 5.75. The van der Waals surface area contributed by atoms with E-state index >= 15 is 0 Å². The number of amides is 4. The summed E-state index contributed by atoms with van der Waals surface area (Å²) in [7, 11) is 0. The van der Waals surface area contributed by atoms with Crippen molar-refractivity contribution in [1.82, 2.24) is 15.5 Å². The Hall–Kier alpha value is -2.28. The molecule has 1 unspecified atom stereocenters. The molecular formula is C13H14ClN3O4. The molecule has 0 radical (unpaired) electrons. The molecule has 0 spiro atoms. The maximum atomic E-state index is 12.0. The third kappa shape index (κ3) is 3.63. The highest BCUT2D eigenvalue weighted by molar-refractivity contribution is 6.30. The Kier molecular flexibility index (Phi) is 4.64. The highest BCUT2D eigenvalue weighted by atomic mass is 35.5. The molecule has 0 saturated carbocycles. The summed E-state index contributed by atoms with van der Waals surface area (Å²) in [6.07, 6.45) is 0.623. The number of hydrogen-bond donors (Lipinski definition) is 3. The molecule has 1 aromatic carbocycles. The van der Waals surface area contributed by atoms with Gasteiger partial charge in [-0.2, -0.15) is 0 Å². The van der Waals surface area contributed by atoms with E-state index in [2.05, 4.69) is 10.6 Å². The van der Waals surface area contributed by atoms with Crippen molar-refractivity contribution >= 4 is 29.6 Å². The number of imide groups is 1. The number of urea groups is 2. The van der Waals surface area contributed by atoms with E-state index in [9.17, 15) is 19.5 Å². The maximum absolute atomic E-state index is 12.0. The third-order valence-corrected chi connectivity index (χ3v) is 3.30. The predicted octanol–water partition coefficient (Wildman–Crippen LogP) is 1.59. The summed E-state index contributed by atoms with van der Waals surface area (Å²) in [6, 6.07) is 3.58. The van der Waals surface area contributed by atoms with E-state index in [4.69, 9.17) is 11.6 Å². The fourth-order valence-electron chi connectivity index (χ4n) is 1.97. The Labute approximate surface area is 125 Å². The lowest BCUT2D eigenvalue weighted by Gasteiger charge is -2.27.